The summed E-state index contributed by atoms with van der Waals surface area (Å²) >= 11 is 0. The molecule has 0 aliphatic carbocycles. The molecule has 0 unspecified atom stereocenters. The van der Waals surface area contributed by atoms with Gasteiger partial charge in [-0.1, -0.05) is 0 Å². The van der Waals surface area contributed by atoms with Gasteiger partial charge in [0.15, 0.2) is 0 Å². The molecule has 0 spiro atoms. The Morgan fingerprint density at radius 3 is 2.28 bits per heavy atom. The van der Waals surface area contributed by atoms with Gasteiger partial charge in [0, 0.05) is 18.7 Å². The number of nitrogens with one attached hydrogen (secondary N) is 1. The lowest BCUT2D eigenvalue weighted by Gasteiger charge is -2.11. The average Bonchev–Trinajstić information content (AvgIpc) is 2.24. The highest BCUT2D eigenvalue weighted by Crippen LogP contribution is 2.21. The number of anilines is 1. The fourth-order valence-electron chi connectivity index (χ4n) is 1.45. The lowest BCUT2D eigenvalue weighted by atomic mass is 10.2. The predicted molar refractivity (Wildman–Crippen MR) is 66.0 cm³/mol. The molecule has 1 N–H and O–H groups in total. The van der Waals surface area contributed by atoms with Crippen molar-refractivity contribution in [1.82, 2.24) is 0 Å². The zero-order chi connectivity index (χ0) is 13.6. The van der Waals surface area contributed by atoms with Crippen LogP contribution in [-0.2, 0) is 0 Å². The number of ether oxygens (including phenoxy) is 1. The normalized spacial score (nSPS) is 11.7. The highest BCUT2D eigenvalue weighted by Gasteiger charge is 2.25. The molecule has 0 radical (unpaired) electrons. The first-order valence-corrected chi connectivity index (χ1v) is 5.94. The third kappa shape index (κ3) is 6.37. The maximum Gasteiger partial charge on any atom is 0.389 e. The van der Waals surface area contributed by atoms with Crippen molar-refractivity contribution < 1.29 is 17.9 Å². The Balaban J connectivity index is 2.31. The van der Waals surface area contributed by atoms with Crippen LogP contribution in [0.3, 0.4) is 0 Å². The fraction of sp³-hybridized carbons (Fsp3) is 0.538. The first kappa shape index (κ1) is 14.7. The van der Waals surface area contributed by atoms with Crippen molar-refractivity contribution in [3.8, 4) is 5.75 Å². The van der Waals surface area contributed by atoms with E-state index in [0.717, 1.165) is 11.4 Å². The zero-order valence-electron chi connectivity index (χ0n) is 10.6. The molecule has 0 amide bonds. The predicted octanol–water partition coefficient (Wildman–Crippen LogP) is 4.23. The SMILES string of the molecule is CC(C)Oc1ccc(NCCCC(F)(F)F)cc1. The highest BCUT2D eigenvalue weighted by molar-refractivity contribution is 5.46. The van der Waals surface area contributed by atoms with Gasteiger partial charge in [0.05, 0.1) is 6.10 Å². The van der Waals surface area contributed by atoms with Gasteiger partial charge < -0.3 is 10.1 Å². The van der Waals surface area contributed by atoms with Gasteiger partial charge in [-0.25, -0.2) is 0 Å². The summed E-state index contributed by atoms with van der Waals surface area (Å²) in [5.41, 5.74) is 0.799. The molecular formula is C13H18F3NO. The van der Waals surface area contributed by atoms with Crippen molar-refractivity contribution in [3.05, 3.63) is 24.3 Å². The largest absolute Gasteiger partial charge is 0.491 e. The summed E-state index contributed by atoms with van der Waals surface area (Å²) < 4.78 is 41.2. The quantitative estimate of drug-likeness (QED) is 0.774. The van der Waals surface area contributed by atoms with Gasteiger partial charge in [0.25, 0.3) is 0 Å². The topological polar surface area (TPSA) is 21.3 Å². The van der Waals surface area contributed by atoms with Gasteiger partial charge in [-0.3, -0.25) is 0 Å². The summed E-state index contributed by atoms with van der Waals surface area (Å²) in [6, 6.07) is 7.19. The van der Waals surface area contributed by atoms with Crippen LogP contribution in [0.5, 0.6) is 5.75 Å². The van der Waals surface area contributed by atoms with Gasteiger partial charge in [-0.15, -0.1) is 0 Å². The van der Waals surface area contributed by atoms with Crippen LogP contribution in [0.1, 0.15) is 26.7 Å². The maximum absolute atomic E-state index is 11.9. The Kier molecular flexibility index (Phi) is 5.31. The van der Waals surface area contributed by atoms with Crippen molar-refractivity contribution in [3.63, 3.8) is 0 Å². The van der Waals surface area contributed by atoms with E-state index in [0.29, 0.717) is 6.54 Å². The molecule has 0 saturated heterocycles. The van der Waals surface area contributed by atoms with E-state index in [2.05, 4.69) is 5.32 Å². The van der Waals surface area contributed by atoms with E-state index in [1.165, 1.54) is 0 Å². The second-order valence-corrected chi connectivity index (χ2v) is 4.34. The van der Waals surface area contributed by atoms with Gasteiger partial charge in [0.1, 0.15) is 5.75 Å². The molecule has 0 saturated carbocycles. The first-order chi connectivity index (χ1) is 8.37. The molecule has 0 aromatic heterocycles. The minimum Gasteiger partial charge on any atom is -0.491 e. The van der Waals surface area contributed by atoms with Gasteiger partial charge in [-0.05, 0) is 44.5 Å². The van der Waals surface area contributed by atoms with Crippen LogP contribution < -0.4 is 10.1 Å². The number of alkyl halides is 3. The van der Waals surface area contributed by atoms with E-state index in [-0.39, 0.29) is 12.5 Å². The number of hydrogen-bond donors (Lipinski definition) is 1. The van der Waals surface area contributed by atoms with Gasteiger partial charge >= 0.3 is 6.18 Å². The summed E-state index contributed by atoms with van der Waals surface area (Å²) in [6.07, 6.45) is -4.64. The molecule has 0 aliphatic rings. The summed E-state index contributed by atoms with van der Waals surface area (Å²) in [7, 11) is 0. The Hall–Kier alpha value is -1.39. The first-order valence-electron chi connectivity index (χ1n) is 5.94. The van der Waals surface area contributed by atoms with Crippen LogP contribution in [0.15, 0.2) is 24.3 Å². The molecular weight excluding hydrogens is 243 g/mol. The van der Waals surface area contributed by atoms with Crippen LogP contribution in [0.4, 0.5) is 18.9 Å². The molecule has 1 rings (SSSR count). The van der Waals surface area contributed by atoms with E-state index < -0.39 is 12.6 Å². The molecule has 0 aliphatic heterocycles. The van der Waals surface area contributed by atoms with Crippen LogP contribution in [0, 0.1) is 0 Å². The van der Waals surface area contributed by atoms with Gasteiger partial charge in [0.2, 0.25) is 0 Å². The van der Waals surface area contributed by atoms with Crippen molar-refractivity contribution >= 4 is 5.69 Å². The molecule has 102 valence electrons. The molecule has 0 bridgehead atoms. The van der Waals surface area contributed by atoms with Crippen molar-refractivity contribution in [2.24, 2.45) is 0 Å². The monoisotopic (exact) mass is 261 g/mol. The second-order valence-electron chi connectivity index (χ2n) is 4.34. The molecule has 18 heavy (non-hydrogen) atoms. The lowest BCUT2D eigenvalue weighted by Crippen LogP contribution is -2.11. The molecule has 1 aromatic rings. The molecule has 0 atom stereocenters. The third-order valence-corrected chi connectivity index (χ3v) is 2.19. The maximum atomic E-state index is 11.9. The van der Waals surface area contributed by atoms with E-state index in [1.54, 1.807) is 24.3 Å². The molecule has 0 fully saturated rings. The van der Waals surface area contributed by atoms with Crippen LogP contribution in [-0.4, -0.2) is 18.8 Å². The number of rotatable bonds is 6. The summed E-state index contributed by atoms with van der Waals surface area (Å²) in [5, 5.41) is 2.94. The van der Waals surface area contributed by atoms with E-state index in [9.17, 15) is 13.2 Å². The minimum absolute atomic E-state index is 0.0771. The Morgan fingerprint density at radius 1 is 1.17 bits per heavy atom. The molecule has 1 aromatic carbocycles. The van der Waals surface area contributed by atoms with Crippen LogP contribution in [0.2, 0.25) is 0 Å². The summed E-state index contributed by atoms with van der Waals surface area (Å²) in [4.78, 5) is 0. The summed E-state index contributed by atoms with van der Waals surface area (Å²) in [5.74, 6) is 0.755. The smallest absolute Gasteiger partial charge is 0.389 e. The summed E-state index contributed by atoms with van der Waals surface area (Å²) in [6.45, 7) is 4.18. The molecule has 2 nitrogen and oxygen atoms in total. The fourth-order valence-corrected chi connectivity index (χ4v) is 1.45. The van der Waals surface area contributed by atoms with Crippen LogP contribution in [0.25, 0.3) is 0 Å². The third-order valence-electron chi connectivity index (χ3n) is 2.19. The Labute approximate surface area is 105 Å². The second kappa shape index (κ2) is 6.52. The van der Waals surface area contributed by atoms with Crippen molar-refractivity contribution in [1.29, 1.82) is 0 Å². The van der Waals surface area contributed by atoms with Crippen molar-refractivity contribution in [2.75, 3.05) is 11.9 Å². The Morgan fingerprint density at radius 2 is 1.78 bits per heavy atom. The number of hydrogen-bond acceptors (Lipinski definition) is 2. The lowest BCUT2D eigenvalue weighted by molar-refractivity contribution is -0.134. The minimum atomic E-state index is -4.07. The number of benzene rings is 1. The molecule has 5 heteroatoms. The van der Waals surface area contributed by atoms with E-state index in [1.807, 2.05) is 13.8 Å². The van der Waals surface area contributed by atoms with Crippen LogP contribution >= 0.6 is 0 Å². The van der Waals surface area contributed by atoms with E-state index in [4.69, 9.17) is 4.74 Å². The standard InChI is InChI=1S/C13H18F3NO/c1-10(2)18-12-6-4-11(5-7-12)17-9-3-8-13(14,15)16/h4-7,10,17H,3,8-9H2,1-2H3. The number of halogens is 3. The molecule has 0 heterocycles. The highest BCUT2D eigenvalue weighted by atomic mass is 19.4. The van der Waals surface area contributed by atoms with Crippen molar-refractivity contribution in [2.45, 2.75) is 39.0 Å². The van der Waals surface area contributed by atoms with E-state index >= 15 is 0 Å². The Bertz CT molecular complexity index is 346. The average molecular weight is 261 g/mol. The van der Waals surface area contributed by atoms with Gasteiger partial charge in [-0.2, -0.15) is 13.2 Å². The zero-order valence-corrected chi connectivity index (χ0v) is 10.6.